The summed E-state index contributed by atoms with van der Waals surface area (Å²) in [6.45, 7) is 6.04. The van der Waals surface area contributed by atoms with E-state index in [4.69, 9.17) is 4.42 Å². The molecule has 0 radical (unpaired) electrons. The highest BCUT2D eigenvalue weighted by atomic mass is 19.1. The van der Waals surface area contributed by atoms with Crippen molar-refractivity contribution in [2.45, 2.75) is 39.2 Å². The fourth-order valence-electron chi connectivity index (χ4n) is 4.22. The maximum atomic E-state index is 14.0. The van der Waals surface area contributed by atoms with Crippen LogP contribution in [0.5, 0.6) is 0 Å². The van der Waals surface area contributed by atoms with E-state index in [0.717, 1.165) is 57.2 Å². The highest BCUT2D eigenvalue weighted by Crippen LogP contribution is 2.27. The molecule has 1 atom stereocenters. The second kappa shape index (κ2) is 7.99. The summed E-state index contributed by atoms with van der Waals surface area (Å²) in [5.74, 6) is 0.269. The van der Waals surface area contributed by atoms with Gasteiger partial charge in [0.25, 0.3) is 0 Å². The number of nitrogens with zero attached hydrogens (tertiary/aromatic N) is 3. The molecule has 1 amide bonds. The zero-order valence-electron chi connectivity index (χ0n) is 16.1. The highest BCUT2D eigenvalue weighted by Gasteiger charge is 2.27. The van der Waals surface area contributed by atoms with Gasteiger partial charge in [-0.05, 0) is 50.8 Å². The number of benzene rings is 1. The Labute approximate surface area is 163 Å². The summed E-state index contributed by atoms with van der Waals surface area (Å²) < 4.78 is 32.8. The number of carbonyl (C=O) groups is 1. The van der Waals surface area contributed by atoms with E-state index in [1.807, 2.05) is 11.8 Å². The van der Waals surface area contributed by atoms with Crippen LogP contribution >= 0.6 is 0 Å². The normalized spacial score (nSPS) is 20.9. The SMILES string of the molecule is Cc1oc(-c2ccc(F)cc2F)nc1CN1CCCC(CN2CCCC2=O)C1. The third kappa shape index (κ3) is 4.09. The van der Waals surface area contributed by atoms with Crippen molar-refractivity contribution >= 4 is 5.91 Å². The molecule has 2 aliphatic heterocycles. The summed E-state index contributed by atoms with van der Waals surface area (Å²) in [7, 11) is 0. The summed E-state index contributed by atoms with van der Waals surface area (Å²) in [6, 6.07) is 3.39. The summed E-state index contributed by atoms with van der Waals surface area (Å²) in [5, 5.41) is 0. The zero-order chi connectivity index (χ0) is 19.7. The second-order valence-corrected chi connectivity index (χ2v) is 7.83. The maximum Gasteiger partial charge on any atom is 0.229 e. The molecule has 1 aromatic heterocycles. The van der Waals surface area contributed by atoms with Crippen molar-refractivity contribution in [2.75, 3.05) is 26.2 Å². The molecule has 150 valence electrons. The molecule has 2 aliphatic rings. The molecule has 0 bridgehead atoms. The molecule has 2 aromatic rings. The molecule has 1 unspecified atom stereocenters. The lowest BCUT2D eigenvalue weighted by atomic mass is 9.97. The molecule has 0 aliphatic carbocycles. The van der Waals surface area contributed by atoms with E-state index in [-0.39, 0.29) is 17.4 Å². The summed E-state index contributed by atoms with van der Waals surface area (Å²) in [4.78, 5) is 20.7. The van der Waals surface area contributed by atoms with Crippen LogP contribution in [-0.4, -0.2) is 46.9 Å². The van der Waals surface area contributed by atoms with E-state index in [1.54, 1.807) is 0 Å². The first-order chi connectivity index (χ1) is 13.5. The van der Waals surface area contributed by atoms with Gasteiger partial charge in [0.05, 0.1) is 11.3 Å². The van der Waals surface area contributed by atoms with Gasteiger partial charge in [0.2, 0.25) is 11.8 Å². The Hall–Kier alpha value is -2.28. The average molecular weight is 389 g/mol. The molecule has 28 heavy (non-hydrogen) atoms. The molecular formula is C21H25F2N3O2. The van der Waals surface area contributed by atoms with Crippen molar-refractivity contribution in [3.8, 4) is 11.5 Å². The number of aromatic nitrogens is 1. The average Bonchev–Trinajstić information content (AvgIpc) is 3.21. The smallest absolute Gasteiger partial charge is 0.229 e. The van der Waals surface area contributed by atoms with Gasteiger partial charge in [-0.3, -0.25) is 9.69 Å². The predicted octanol–water partition coefficient (Wildman–Crippen LogP) is 3.76. The first-order valence-corrected chi connectivity index (χ1v) is 9.91. The van der Waals surface area contributed by atoms with E-state index in [9.17, 15) is 13.6 Å². The number of carbonyl (C=O) groups excluding carboxylic acids is 1. The van der Waals surface area contributed by atoms with Crippen LogP contribution in [0, 0.1) is 24.5 Å². The van der Waals surface area contributed by atoms with Gasteiger partial charge in [-0.2, -0.15) is 0 Å². The summed E-state index contributed by atoms with van der Waals surface area (Å²) in [5.41, 5.74) is 0.941. The lowest BCUT2D eigenvalue weighted by Crippen LogP contribution is -2.41. The van der Waals surface area contributed by atoms with Gasteiger partial charge in [-0.1, -0.05) is 0 Å². The second-order valence-electron chi connectivity index (χ2n) is 7.83. The predicted molar refractivity (Wildman–Crippen MR) is 100 cm³/mol. The summed E-state index contributed by atoms with van der Waals surface area (Å²) in [6.07, 6.45) is 3.86. The van der Waals surface area contributed by atoms with Crippen LogP contribution in [0.25, 0.3) is 11.5 Å². The minimum Gasteiger partial charge on any atom is -0.441 e. The lowest BCUT2D eigenvalue weighted by molar-refractivity contribution is -0.128. The van der Waals surface area contributed by atoms with Crippen molar-refractivity contribution in [3.63, 3.8) is 0 Å². The quantitative estimate of drug-likeness (QED) is 0.781. The fourth-order valence-corrected chi connectivity index (χ4v) is 4.22. The molecule has 4 rings (SSSR count). The minimum atomic E-state index is -0.680. The van der Waals surface area contributed by atoms with Crippen LogP contribution < -0.4 is 0 Å². The van der Waals surface area contributed by atoms with E-state index < -0.39 is 11.6 Å². The molecular weight excluding hydrogens is 364 g/mol. The van der Waals surface area contributed by atoms with Gasteiger partial charge < -0.3 is 9.32 Å². The molecule has 0 spiro atoms. The van der Waals surface area contributed by atoms with Gasteiger partial charge >= 0.3 is 0 Å². The summed E-state index contributed by atoms with van der Waals surface area (Å²) >= 11 is 0. The van der Waals surface area contributed by atoms with Crippen LogP contribution in [0.2, 0.25) is 0 Å². The Morgan fingerprint density at radius 2 is 2.11 bits per heavy atom. The van der Waals surface area contributed by atoms with Crippen LogP contribution in [-0.2, 0) is 11.3 Å². The Kier molecular flexibility index (Phi) is 5.44. The van der Waals surface area contributed by atoms with Crippen molar-refractivity contribution < 1.29 is 18.0 Å². The number of halogens is 2. The number of hydrogen-bond acceptors (Lipinski definition) is 4. The Balaban J connectivity index is 1.42. The molecule has 5 nitrogen and oxygen atoms in total. The van der Waals surface area contributed by atoms with Gasteiger partial charge in [0.1, 0.15) is 17.4 Å². The largest absolute Gasteiger partial charge is 0.441 e. The van der Waals surface area contributed by atoms with E-state index in [1.165, 1.54) is 12.1 Å². The monoisotopic (exact) mass is 389 g/mol. The van der Waals surface area contributed by atoms with Crippen molar-refractivity contribution in [3.05, 3.63) is 41.3 Å². The molecule has 3 heterocycles. The number of piperidine rings is 1. The standard InChI is InChI=1S/C21H25F2N3O2/c1-14-19(24-21(28-14)17-7-6-16(22)10-18(17)23)13-25-8-2-4-15(11-25)12-26-9-3-5-20(26)27/h6-7,10,15H,2-5,8-9,11-13H2,1H3. The number of amides is 1. The van der Waals surface area contributed by atoms with Crippen LogP contribution in [0.4, 0.5) is 8.78 Å². The molecule has 2 fully saturated rings. The van der Waals surface area contributed by atoms with Gasteiger partial charge in [0, 0.05) is 38.7 Å². The Morgan fingerprint density at radius 3 is 2.86 bits per heavy atom. The number of rotatable bonds is 5. The fraction of sp³-hybridized carbons (Fsp3) is 0.524. The van der Waals surface area contributed by atoms with E-state index >= 15 is 0 Å². The van der Waals surface area contributed by atoms with Crippen LogP contribution in [0.1, 0.15) is 37.1 Å². The van der Waals surface area contributed by atoms with E-state index in [2.05, 4.69) is 9.88 Å². The Bertz CT molecular complexity index is 867. The minimum absolute atomic E-state index is 0.166. The van der Waals surface area contributed by atoms with E-state index in [0.29, 0.717) is 24.6 Å². The maximum absolute atomic E-state index is 14.0. The zero-order valence-corrected chi connectivity index (χ0v) is 16.1. The van der Waals surface area contributed by atoms with Gasteiger partial charge in [0.15, 0.2) is 0 Å². The Morgan fingerprint density at radius 1 is 1.25 bits per heavy atom. The van der Waals surface area contributed by atoms with Crippen LogP contribution in [0.15, 0.2) is 22.6 Å². The van der Waals surface area contributed by atoms with Gasteiger partial charge in [-0.25, -0.2) is 13.8 Å². The van der Waals surface area contributed by atoms with Gasteiger partial charge in [-0.15, -0.1) is 0 Å². The van der Waals surface area contributed by atoms with Crippen LogP contribution in [0.3, 0.4) is 0 Å². The van der Waals surface area contributed by atoms with Crippen molar-refractivity contribution in [2.24, 2.45) is 5.92 Å². The molecule has 1 aromatic carbocycles. The third-order valence-electron chi connectivity index (χ3n) is 5.68. The third-order valence-corrected chi connectivity index (χ3v) is 5.68. The van der Waals surface area contributed by atoms with Crippen molar-refractivity contribution in [1.29, 1.82) is 0 Å². The van der Waals surface area contributed by atoms with Crippen molar-refractivity contribution in [1.82, 2.24) is 14.8 Å². The topological polar surface area (TPSA) is 49.6 Å². The first kappa shape index (κ1) is 19.1. The lowest BCUT2D eigenvalue weighted by Gasteiger charge is -2.34. The molecule has 0 N–H and O–H groups in total. The molecule has 0 saturated carbocycles. The number of hydrogen-bond donors (Lipinski definition) is 0. The highest BCUT2D eigenvalue weighted by molar-refractivity contribution is 5.78. The molecule has 2 saturated heterocycles. The number of aryl methyl sites for hydroxylation is 1. The number of likely N-dealkylation sites (tertiary alicyclic amines) is 2. The first-order valence-electron chi connectivity index (χ1n) is 9.91. The molecule has 7 heteroatoms. The number of oxazole rings is 1.